The molecule has 1 saturated heterocycles. The molecule has 0 aromatic heterocycles. The number of hydrogen-bond acceptors (Lipinski definition) is 2. The fraction of sp³-hybridized carbons (Fsp3) is 0.500. The lowest BCUT2D eigenvalue weighted by atomic mass is 9.94. The largest absolute Gasteiger partial charge is 0.381 e. The molecule has 2 nitrogen and oxygen atoms in total. The molecule has 16 heavy (non-hydrogen) atoms. The number of halogens is 2. The Balaban J connectivity index is 2.04. The van der Waals surface area contributed by atoms with Gasteiger partial charge in [-0.2, -0.15) is 0 Å². The summed E-state index contributed by atoms with van der Waals surface area (Å²) < 4.78 is 5.33. The van der Waals surface area contributed by atoms with E-state index in [0.717, 1.165) is 36.6 Å². The third-order valence-electron chi connectivity index (χ3n) is 3.03. The fourth-order valence-corrected chi connectivity index (χ4v) is 2.40. The molecular weight excluding hydrogens is 245 g/mol. The minimum Gasteiger partial charge on any atom is -0.381 e. The van der Waals surface area contributed by atoms with Crippen LogP contribution in [-0.4, -0.2) is 19.3 Å². The van der Waals surface area contributed by atoms with Crippen molar-refractivity contribution in [1.29, 1.82) is 0 Å². The van der Waals surface area contributed by atoms with Gasteiger partial charge < -0.3 is 10.5 Å². The van der Waals surface area contributed by atoms with E-state index in [0.29, 0.717) is 10.9 Å². The number of rotatable bonds is 3. The molecule has 0 amide bonds. The molecule has 4 heteroatoms. The molecule has 1 fully saturated rings. The molecule has 0 bridgehead atoms. The monoisotopic (exact) mass is 259 g/mol. The van der Waals surface area contributed by atoms with E-state index in [9.17, 15) is 0 Å². The Morgan fingerprint density at radius 1 is 1.44 bits per heavy atom. The lowest BCUT2D eigenvalue weighted by Crippen LogP contribution is -2.32. The predicted molar refractivity (Wildman–Crippen MR) is 67.1 cm³/mol. The summed E-state index contributed by atoms with van der Waals surface area (Å²) in [6, 6.07) is 5.59. The van der Waals surface area contributed by atoms with Crippen LogP contribution in [0.15, 0.2) is 18.2 Å². The van der Waals surface area contributed by atoms with Gasteiger partial charge in [-0.25, -0.2) is 0 Å². The van der Waals surface area contributed by atoms with Gasteiger partial charge in [0.05, 0.1) is 6.61 Å². The van der Waals surface area contributed by atoms with Gasteiger partial charge in [-0.1, -0.05) is 23.2 Å². The van der Waals surface area contributed by atoms with E-state index in [1.54, 1.807) is 6.07 Å². The summed E-state index contributed by atoms with van der Waals surface area (Å²) in [4.78, 5) is 0. The van der Waals surface area contributed by atoms with E-state index in [4.69, 9.17) is 33.7 Å². The highest BCUT2D eigenvalue weighted by atomic mass is 35.5. The molecule has 2 unspecified atom stereocenters. The van der Waals surface area contributed by atoms with Crippen molar-refractivity contribution in [3.8, 4) is 0 Å². The highest BCUT2D eigenvalue weighted by Gasteiger charge is 2.23. The second-order valence-corrected chi connectivity index (χ2v) is 5.07. The van der Waals surface area contributed by atoms with Crippen molar-refractivity contribution in [3.05, 3.63) is 33.8 Å². The summed E-state index contributed by atoms with van der Waals surface area (Å²) in [7, 11) is 0. The highest BCUT2D eigenvalue weighted by Crippen LogP contribution is 2.24. The smallest absolute Gasteiger partial charge is 0.0510 e. The van der Waals surface area contributed by atoms with E-state index in [-0.39, 0.29) is 6.04 Å². The molecule has 0 radical (unpaired) electrons. The van der Waals surface area contributed by atoms with Crippen LogP contribution < -0.4 is 5.73 Å². The molecule has 1 aromatic rings. The highest BCUT2D eigenvalue weighted by molar-refractivity contribution is 6.33. The van der Waals surface area contributed by atoms with Crippen molar-refractivity contribution < 1.29 is 4.74 Å². The standard InChI is InChI=1S/C12H15Cl2NO/c13-10-1-2-11(14)9(5-10)6-12(15)8-3-4-16-7-8/h1-2,5,8,12H,3-4,6-7,15H2. The van der Waals surface area contributed by atoms with Gasteiger partial charge in [0, 0.05) is 22.7 Å². The zero-order valence-corrected chi connectivity index (χ0v) is 10.5. The molecule has 1 aliphatic heterocycles. The summed E-state index contributed by atoms with van der Waals surface area (Å²) in [6.07, 6.45) is 1.80. The van der Waals surface area contributed by atoms with Crippen LogP contribution in [0.3, 0.4) is 0 Å². The van der Waals surface area contributed by atoms with Gasteiger partial charge in [-0.3, -0.25) is 0 Å². The van der Waals surface area contributed by atoms with E-state index in [1.807, 2.05) is 12.1 Å². The Morgan fingerprint density at radius 3 is 2.94 bits per heavy atom. The Hall–Kier alpha value is -0.280. The molecule has 1 aliphatic rings. The van der Waals surface area contributed by atoms with Crippen LogP contribution in [0.5, 0.6) is 0 Å². The molecule has 2 rings (SSSR count). The number of hydrogen-bond donors (Lipinski definition) is 1. The SMILES string of the molecule is NC(Cc1cc(Cl)ccc1Cl)C1CCOC1. The second-order valence-electron chi connectivity index (χ2n) is 4.23. The minimum absolute atomic E-state index is 0.0958. The van der Waals surface area contributed by atoms with Crippen LogP contribution in [0.25, 0.3) is 0 Å². The fourth-order valence-electron chi connectivity index (χ4n) is 2.01. The summed E-state index contributed by atoms with van der Waals surface area (Å²) in [5.74, 6) is 0.440. The molecule has 2 atom stereocenters. The van der Waals surface area contributed by atoms with Gasteiger partial charge in [-0.05, 0) is 42.5 Å². The van der Waals surface area contributed by atoms with Crippen molar-refractivity contribution in [2.75, 3.05) is 13.2 Å². The average Bonchev–Trinajstić information content (AvgIpc) is 2.76. The van der Waals surface area contributed by atoms with Crippen LogP contribution in [0.2, 0.25) is 10.0 Å². The van der Waals surface area contributed by atoms with Gasteiger partial charge in [0.1, 0.15) is 0 Å². The molecule has 0 aliphatic carbocycles. The first-order chi connectivity index (χ1) is 7.66. The van der Waals surface area contributed by atoms with E-state index in [2.05, 4.69) is 0 Å². The molecule has 1 aromatic carbocycles. The Labute approximate surface area is 106 Å². The number of ether oxygens (including phenoxy) is 1. The Morgan fingerprint density at radius 2 is 2.25 bits per heavy atom. The van der Waals surface area contributed by atoms with Crippen molar-refractivity contribution in [3.63, 3.8) is 0 Å². The lowest BCUT2D eigenvalue weighted by Gasteiger charge is -2.18. The second kappa shape index (κ2) is 5.37. The summed E-state index contributed by atoms with van der Waals surface area (Å²) in [6.45, 7) is 1.58. The Bertz CT molecular complexity index is 364. The lowest BCUT2D eigenvalue weighted by molar-refractivity contribution is 0.180. The van der Waals surface area contributed by atoms with E-state index >= 15 is 0 Å². The van der Waals surface area contributed by atoms with E-state index < -0.39 is 0 Å². The molecular formula is C12H15Cl2NO. The van der Waals surface area contributed by atoms with E-state index in [1.165, 1.54) is 0 Å². The first-order valence-electron chi connectivity index (χ1n) is 5.44. The van der Waals surface area contributed by atoms with Crippen LogP contribution in [0.4, 0.5) is 0 Å². The van der Waals surface area contributed by atoms with Crippen molar-refractivity contribution in [2.24, 2.45) is 11.7 Å². The maximum atomic E-state index is 6.15. The minimum atomic E-state index is 0.0958. The van der Waals surface area contributed by atoms with Crippen LogP contribution in [0, 0.1) is 5.92 Å². The molecule has 88 valence electrons. The van der Waals surface area contributed by atoms with Crippen molar-refractivity contribution in [1.82, 2.24) is 0 Å². The zero-order chi connectivity index (χ0) is 11.5. The summed E-state index contributed by atoms with van der Waals surface area (Å²) in [5.41, 5.74) is 7.17. The molecule has 0 spiro atoms. The van der Waals surface area contributed by atoms with Gasteiger partial charge in [0.15, 0.2) is 0 Å². The van der Waals surface area contributed by atoms with Gasteiger partial charge in [-0.15, -0.1) is 0 Å². The third-order valence-corrected chi connectivity index (χ3v) is 3.64. The average molecular weight is 260 g/mol. The van der Waals surface area contributed by atoms with Crippen molar-refractivity contribution >= 4 is 23.2 Å². The molecule has 0 saturated carbocycles. The first-order valence-corrected chi connectivity index (χ1v) is 6.19. The number of nitrogens with two attached hydrogens (primary N) is 1. The zero-order valence-electron chi connectivity index (χ0n) is 8.96. The molecule has 1 heterocycles. The normalized spacial score (nSPS) is 22.3. The quantitative estimate of drug-likeness (QED) is 0.906. The maximum absolute atomic E-state index is 6.15. The summed E-state index contributed by atoms with van der Waals surface area (Å²) >= 11 is 12.0. The van der Waals surface area contributed by atoms with Crippen LogP contribution in [-0.2, 0) is 11.2 Å². The maximum Gasteiger partial charge on any atom is 0.0510 e. The van der Waals surface area contributed by atoms with Crippen molar-refractivity contribution in [2.45, 2.75) is 18.9 Å². The van der Waals surface area contributed by atoms with Crippen LogP contribution >= 0.6 is 23.2 Å². The topological polar surface area (TPSA) is 35.2 Å². The van der Waals surface area contributed by atoms with Gasteiger partial charge >= 0.3 is 0 Å². The summed E-state index contributed by atoms with van der Waals surface area (Å²) in [5, 5.41) is 1.44. The predicted octanol–water partition coefficient (Wildman–Crippen LogP) is 2.90. The third kappa shape index (κ3) is 2.89. The Kier molecular flexibility index (Phi) is 4.09. The van der Waals surface area contributed by atoms with Crippen LogP contribution in [0.1, 0.15) is 12.0 Å². The number of benzene rings is 1. The molecule has 2 N–H and O–H groups in total. The van der Waals surface area contributed by atoms with Gasteiger partial charge in [0.2, 0.25) is 0 Å². The first kappa shape index (κ1) is 12.2. The van der Waals surface area contributed by atoms with Gasteiger partial charge in [0.25, 0.3) is 0 Å².